The molecule has 0 spiro atoms. The van der Waals surface area contributed by atoms with Crippen LogP contribution in [0, 0.1) is 5.41 Å². The predicted octanol–water partition coefficient (Wildman–Crippen LogP) is 2.06. The molecule has 1 atom stereocenters. The summed E-state index contributed by atoms with van der Waals surface area (Å²) in [5.74, 6) is 0.240. The molecule has 1 amide bonds. The van der Waals surface area contributed by atoms with Crippen LogP contribution in [0.5, 0.6) is 0 Å². The predicted molar refractivity (Wildman–Crippen MR) is 85.4 cm³/mol. The molecule has 114 valence electrons. The Bertz CT molecular complexity index is 416. The van der Waals surface area contributed by atoms with Crippen molar-refractivity contribution in [2.45, 2.75) is 26.2 Å². The van der Waals surface area contributed by atoms with Crippen LogP contribution < -0.4 is 5.73 Å². The highest BCUT2D eigenvalue weighted by molar-refractivity contribution is 5.85. The average Bonchev–Trinajstić information content (AvgIpc) is 2.81. The van der Waals surface area contributed by atoms with Crippen molar-refractivity contribution in [2.75, 3.05) is 19.6 Å². The van der Waals surface area contributed by atoms with Crippen molar-refractivity contribution in [3.8, 4) is 0 Å². The van der Waals surface area contributed by atoms with Gasteiger partial charge in [-0.1, -0.05) is 6.92 Å². The van der Waals surface area contributed by atoms with Crippen molar-refractivity contribution < 1.29 is 4.79 Å². The minimum absolute atomic E-state index is 0. The summed E-state index contributed by atoms with van der Waals surface area (Å²) in [6.45, 7) is 4.46. The number of nitrogens with zero attached hydrogens (tertiary/aromatic N) is 2. The largest absolute Gasteiger partial charge is 0.342 e. The Balaban J connectivity index is 0.00000180. The second-order valence-electron chi connectivity index (χ2n) is 5.44. The number of rotatable bonds is 4. The van der Waals surface area contributed by atoms with E-state index in [1.165, 1.54) is 5.56 Å². The maximum Gasteiger partial charge on any atom is 0.222 e. The van der Waals surface area contributed by atoms with Gasteiger partial charge in [-0.3, -0.25) is 9.78 Å². The summed E-state index contributed by atoms with van der Waals surface area (Å²) in [6, 6.07) is 3.92. The fraction of sp³-hybridized carbons (Fsp3) is 0.571. The lowest BCUT2D eigenvalue weighted by molar-refractivity contribution is -0.130. The summed E-state index contributed by atoms with van der Waals surface area (Å²) < 4.78 is 0. The van der Waals surface area contributed by atoms with Gasteiger partial charge in [-0.05, 0) is 42.5 Å². The lowest BCUT2D eigenvalue weighted by Gasteiger charge is -2.22. The summed E-state index contributed by atoms with van der Waals surface area (Å²) in [5, 5.41) is 0. The first-order valence-corrected chi connectivity index (χ1v) is 6.50. The number of aromatic nitrogens is 1. The Morgan fingerprint density at radius 1 is 1.40 bits per heavy atom. The molecule has 1 fully saturated rings. The van der Waals surface area contributed by atoms with Gasteiger partial charge in [-0.2, -0.15) is 0 Å². The summed E-state index contributed by atoms with van der Waals surface area (Å²) in [4.78, 5) is 18.0. The van der Waals surface area contributed by atoms with Gasteiger partial charge in [-0.15, -0.1) is 24.8 Å². The summed E-state index contributed by atoms with van der Waals surface area (Å²) in [5.41, 5.74) is 7.03. The molecule has 0 bridgehead atoms. The van der Waals surface area contributed by atoms with Gasteiger partial charge >= 0.3 is 0 Å². The van der Waals surface area contributed by atoms with Crippen LogP contribution in [-0.4, -0.2) is 35.4 Å². The third-order valence-electron chi connectivity index (χ3n) is 3.78. The second kappa shape index (κ2) is 8.45. The highest BCUT2D eigenvalue weighted by atomic mass is 35.5. The zero-order valence-corrected chi connectivity index (χ0v) is 13.4. The van der Waals surface area contributed by atoms with Gasteiger partial charge in [0.1, 0.15) is 0 Å². The Morgan fingerprint density at radius 2 is 2.05 bits per heavy atom. The first-order chi connectivity index (χ1) is 8.63. The molecule has 2 N–H and O–H groups in total. The zero-order chi connectivity index (χ0) is 13.0. The van der Waals surface area contributed by atoms with Crippen LogP contribution in [0.15, 0.2) is 24.5 Å². The SMILES string of the molecule is CC1(CN)CCN(C(=O)CCc2ccncc2)C1.Cl.Cl. The van der Waals surface area contributed by atoms with Crippen molar-refractivity contribution in [3.05, 3.63) is 30.1 Å². The zero-order valence-electron chi connectivity index (χ0n) is 11.7. The van der Waals surface area contributed by atoms with Gasteiger partial charge in [0.2, 0.25) is 5.91 Å². The van der Waals surface area contributed by atoms with Crippen molar-refractivity contribution in [2.24, 2.45) is 11.1 Å². The number of likely N-dealkylation sites (tertiary alicyclic amines) is 1. The van der Waals surface area contributed by atoms with E-state index in [2.05, 4.69) is 11.9 Å². The van der Waals surface area contributed by atoms with E-state index in [0.29, 0.717) is 13.0 Å². The molecule has 20 heavy (non-hydrogen) atoms. The second-order valence-corrected chi connectivity index (χ2v) is 5.44. The van der Waals surface area contributed by atoms with E-state index in [1.54, 1.807) is 12.4 Å². The Hall–Kier alpha value is -0.840. The molecule has 0 aliphatic carbocycles. The van der Waals surface area contributed by atoms with E-state index in [4.69, 9.17) is 5.73 Å². The van der Waals surface area contributed by atoms with E-state index in [0.717, 1.165) is 25.9 Å². The monoisotopic (exact) mass is 319 g/mol. The number of pyridine rings is 1. The van der Waals surface area contributed by atoms with E-state index >= 15 is 0 Å². The summed E-state index contributed by atoms with van der Waals surface area (Å²) >= 11 is 0. The number of nitrogens with two attached hydrogens (primary N) is 1. The molecular weight excluding hydrogens is 297 g/mol. The lowest BCUT2D eigenvalue weighted by atomic mass is 9.90. The molecule has 2 rings (SSSR count). The van der Waals surface area contributed by atoms with Gasteiger partial charge in [0, 0.05) is 31.9 Å². The Kier molecular flexibility index (Phi) is 8.09. The molecule has 1 aromatic rings. The van der Waals surface area contributed by atoms with E-state index < -0.39 is 0 Å². The number of amides is 1. The van der Waals surface area contributed by atoms with Crippen molar-refractivity contribution in [3.63, 3.8) is 0 Å². The van der Waals surface area contributed by atoms with Crippen molar-refractivity contribution in [1.82, 2.24) is 9.88 Å². The fourth-order valence-corrected chi connectivity index (χ4v) is 2.36. The topological polar surface area (TPSA) is 59.2 Å². The molecule has 1 saturated heterocycles. The van der Waals surface area contributed by atoms with E-state index in [9.17, 15) is 4.79 Å². The van der Waals surface area contributed by atoms with Crippen LogP contribution in [0.4, 0.5) is 0 Å². The minimum atomic E-state index is 0. The molecule has 6 heteroatoms. The van der Waals surface area contributed by atoms with Crippen LogP contribution in [0.2, 0.25) is 0 Å². The van der Waals surface area contributed by atoms with E-state index in [1.807, 2.05) is 17.0 Å². The number of carbonyl (C=O) groups is 1. The standard InChI is InChI=1S/C14H21N3O.2ClH/c1-14(10-15)6-9-17(11-14)13(18)3-2-12-4-7-16-8-5-12;;/h4-5,7-8H,2-3,6,9-11,15H2,1H3;2*1H. The maximum absolute atomic E-state index is 12.1. The van der Waals surface area contributed by atoms with Crippen LogP contribution in [-0.2, 0) is 11.2 Å². The number of hydrogen-bond donors (Lipinski definition) is 1. The molecule has 4 nitrogen and oxygen atoms in total. The fourth-order valence-electron chi connectivity index (χ4n) is 2.36. The Morgan fingerprint density at radius 3 is 2.60 bits per heavy atom. The minimum Gasteiger partial charge on any atom is -0.342 e. The number of aryl methyl sites for hydroxylation is 1. The highest BCUT2D eigenvalue weighted by Gasteiger charge is 2.34. The quantitative estimate of drug-likeness (QED) is 0.924. The van der Waals surface area contributed by atoms with Gasteiger partial charge in [-0.25, -0.2) is 0 Å². The Labute approximate surface area is 132 Å². The summed E-state index contributed by atoms with van der Waals surface area (Å²) in [7, 11) is 0. The van der Waals surface area contributed by atoms with Gasteiger partial charge < -0.3 is 10.6 Å². The normalized spacial score (nSPS) is 21.0. The van der Waals surface area contributed by atoms with Crippen LogP contribution in [0.1, 0.15) is 25.3 Å². The average molecular weight is 320 g/mol. The van der Waals surface area contributed by atoms with Crippen LogP contribution in [0.3, 0.4) is 0 Å². The smallest absolute Gasteiger partial charge is 0.222 e. The molecule has 1 aliphatic heterocycles. The first kappa shape index (κ1) is 19.2. The number of carbonyl (C=O) groups excluding carboxylic acids is 1. The van der Waals surface area contributed by atoms with E-state index in [-0.39, 0.29) is 36.1 Å². The van der Waals surface area contributed by atoms with Crippen molar-refractivity contribution >= 4 is 30.7 Å². The molecule has 1 unspecified atom stereocenters. The third kappa shape index (κ3) is 4.93. The van der Waals surface area contributed by atoms with Gasteiger partial charge in [0.15, 0.2) is 0 Å². The maximum atomic E-state index is 12.1. The number of hydrogen-bond acceptors (Lipinski definition) is 3. The lowest BCUT2D eigenvalue weighted by Crippen LogP contribution is -2.34. The molecular formula is C14H23Cl2N3O. The van der Waals surface area contributed by atoms with Gasteiger partial charge in [0.05, 0.1) is 0 Å². The molecule has 2 heterocycles. The molecule has 0 radical (unpaired) electrons. The third-order valence-corrected chi connectivity index (χ3v) is 3.78. The molecule has 0 aromatic carbocycles. The van der Waals surface area contributed by atoms with Gasteiger partial charge in [0.25, 0.3) is 0 Å². The number of halogens is 2. The summed E-state index contributed by atoms with van der Waals surface area (Å²) in [6.07, 6.45) is 5.91. The molecule has 1 aromatic heterocycles. The van der Waals surface area contributed by atoms with Crippen LogP contribution >= 0.6 is 24.8 Å². The molecule has 1 aliphatic rings. The van der Waals surface area contributed by atoms with Crippen LogP contribution in [0.25, 0.3) is 0 Å². The molecule has 0 saturated carbocycles. The highest BCUT2D eigenvalue weighted by Crippen LogP contribution is 2.28. The van der Waals surface area contributed by atoms with Crippen molar-refractivity contribution in [1.29, 1.82) is 0 Å². The first-order valence-electron chi connectivity index (χ1n) is 6.50.